The maximum absolute atomic E-state index is 13.6. The van der Waals surface area contributed by atoms with Crippen molar-refractivity contribution in [1.29, 1.82) is 0 Å². The molecule has 200 valence electrons. The van der Waals surface area contributed by atoms with E-state index in [2.05, 4.69) is 21.7 Å². The molecule has 0 N–H and O–H groups in total. The molecule has 5 rings (SSSR count). The van der Waals surface area contributed by atoms with Crippen molar-refractivity contribution in [2.45, 2.75) is 65.3 Å². The minimum absolute atomic E-state index is 0.169. The number of carbonyl (C=O) groups excluding carboxylic acids is 2. The molecular formula is C28H34N6O4. The van der Waals surface area contributed by atoms with E-state index in [0.29, 0.717) is 47.2 Å². The summed E-state index contributed by atoms with van der Waals surface area (Å²) in [5.74, 6) is 2.24. The first-order valence-electron chi connectivity index (χ1n) is 12.9. The summed E-state index contributed by atoms with van der Waals surface area (Å²) in [6, 6.07) is 9.49. The van der Waals surface area contributed by atoms with E-state index in [0.717, 1.165) is 11.1 Å². The lowest BCUT2D eigenvalue weighted by atomic mass is 10.0. The molecule has 1 saturated carbocycles. The number of amides is 2. The van der Waals surface area contributed by atoms with Crippen molar-refractivity contribution < 1.29 is 19.1 Å². The highest BCUT2D eigenvalue weighted by molar-refractivity contribution is 6.10. The molecular weight excluding hydrogens is 484 g/mol. The molecule has 1 aliphatic carbocycles. The van der Waals surface area contributed by atoms with Gasteiger partial charge in [-0.3, -0.25) is 9.69 Å². The van der Waals surface area contributed by atoms with Crippen LogP contribution in [0.5, 0.6) is 5.75 Å². The number of carbonyl (C=O) groups is 2. The van der Waals surface area contributed by atoms with Crippen molar-refractivity contribution in [1.82, 2.24) is 24.6 Å². The standard InChI is InChI=1S/C28H34N6O4/c1-17(18-10-11-18)34-16-29-31-25(34)23-8-7-9-24(30-23)33-15-22-19(12-20(37-6)13-21(22)26(33)35)14-32(5)27(36)38-28(2,3)4/h7-9,12-13,16-18H,10-11,14-15H2,1-6H3/t17-/m0/s1. The third kappa shape index (κ3) is 5.07. The monoisotopic (exact) mass is 518 g/mol. The zero-order valence-electron chi connectivity index (χ0n) is 22.8. The van der Waals surface area contributed by atoms with Gasteiger partial charge in [0.05, 0.1) is 13.7 Å². The van der Waals surface area contributed by atoms with Gasteiger partial charge in [0, 0.05) is 25.2 Å². The molecule has 3 heterocycles. The van der Waals surface area contributed by atoms with Gasteiger partial charge in [-0.25, -0.2) is 9.78 Å². The molecule has 38 heavy (non-hydrogen) atoms. The van der Waals surface area contributed by atoms with Crippen LogP contribution in [0.15, 0.2) is 36.7 Å². The number of aromatic nitrogens is 4. The van der Waals surface area contributed by atoms with E-state index >= 15 is 0 Å². The van der Waals surface area contributed by atoms with Gasteiger partial charge < -0.3 is 18.9 Å². The Labute approximate surface area is 222 Å². The molecule has 0 spiro atoms. The number of hydrogen-bond donors (Lipinski definition) is 0. The van der Waals surface area contributed by atoms with Crippen LogP contribution < -0.4 is 9.64 Å². The Kier molecular flexibility index (Phi) is 6.58. The quantitative estimate of drug-likeness (QED) is 0.441. The van der Waals surface area contributed by atoms with Crippen LogP contribution in [0.3, 0.4) is 0 Å². The lowest BCUT2D eigenvalue weighted by molar-refractivity contribution is 0.0284. The van der Waals surface area contributed by atoms with E-state index < -0.39 is 11.7 Å². The van der Waals surface area contributed by atoms with E-state index in [1.165, 1.54) is 17.7 Å². The summed E-state index contributed by atoms with van der Waals surface area (Å²) >= 11 is 0. The Bertz CT molecular complexity index is 1370. The number of methoxy groups -OCH3 is 1. The number of hydrogen-bond acceptors (Lipinski definition) is 7. The number of nitrogens with zero attached hydrogens (tertiary/aromatic N) is 6. The minimum Gasteiger partial charge on any atom is -0.497 e. The summed E-state index contributed by atoms with van der Waals surface area (Å²) in [6.45, 7) is 8.26. The van der Waals surface area contributed by atoms with Crippen LogP contribution in [-0.2, 0) is 17.8 Å². The molecule has 10 heteroatoms. The lowest BCUT2D eigenvalue weighted by Gasteiger charge is -2.25. The molecule has 2 aromatic heterocycles. The zero-order chi connectivity index (χ0) is 27.2. The average Bonchev–Trinajstić information content (AvgIpc) is 3.51. The van der Waals surface area contributed by atoms with Gasteiger partial charge in [0.1, 0.15) is 29.2 Å². The van der Waals surface area contributed by atoms with E-state index in [9.17, 15) is 9.59 Å². The van der Waals surface area contributed by atoms with Crippen molar-refractivity contribution in [3.63, 3.8) is 0 Å². The highest BCUT2D eigenvalue weighted by atomic mass is 16.6. The number of rotatable bonds is 7. The Morgan fingerprint density at radius 1 is 1.24 bits per heavy atom. The smallest absolute Gasteiger partial charge is 0.410 e. The summed E-state index contributed by atoms with van der Waals surface area (Å²) in [7, 11) is 3.24. The molecule has 2 aliphatic rings. The van der Waals surface area contributed by atoms with Crippen molar-refractivity contribution in [2.75, 3.05) is 19.1 Å². The predicted octanol–water partition coefficient (Wildman–Crippen LogP) is 4.85. The van der Waals surface area contributed by atoms with Crippen molar-refractivity contribution in [3.05, 3.63) is 53.3 Å². The second kappa shape index (κ2) is 9.74. The molecule has 0 unspecified atom stereocenters. The zero-order valence-corrected chi connectivity index (χ0v) is 22.8. The van der Waals surface area contributed by atoms with Crippen LogP contribution >= 0.6 is 0 Å². The minimum atomic E-state index is -0.605. The molecule has 0 saturated heterocycles. The fourth-order valence-corrected chi connectivity index (χ4v) is 4.79. The first-order valence-corrected chi connectivity index (χ1v) is 12.9. The summed E-state index contributed by atoms with van der Waals surface area (Å²) in [6.07, 6.45) is 3.74. The Balaban J connectivity index is 1.43. The number of ether oxygens (including phenoxy) is 2. The van der Waals surface area contributed by atoms with Gasteiger partial charge in [0.25, 0.3) is 5.91 Å². The maximum atomic E-state index is 13.6. The fraction of sp³-hybridized carbons (Fsp3) is 0.464. The van der Waals surface area contributed by atoms with Gasteiger partial charge in [0.15, 0.2) is 5.82 Å². The summed E-state index contributed by atoms with van der Waals surface area (Å²) in [4.78, 5) is 34.2. The van der Waals surface area contributed by atoms with E-state index in [1.54, 1.807) is 31.5 Å². The molecule has 1 aromatic carbocycles. The number of pyridine rings is 1. The number of anilines is 1. The van der Waals surface area contributed by atoms with Gasteiger partial charge in [-0.05, 0) is 81.8 Å². The third-order valence-electron chi connectivity index (χ3n) is 7.01. The van der Waals surface area contributed by atoms with Crippen LogP contribution in [0.2, 0.25) is 0 Å². The highest BCUT2D eigenvalue weighted by Crippen LogP contribution is 2.41. The van der Waals surface area contributed by atoms with Gasteiger partial charge in [-0.2, -0.15) is 0 Å². The maximum Gasteiger partial charge on any atom is 0.410 e. The third-order valence-corrected chi connectivity index (χ3v) is 7.01. The second-order valence-corrected chi connectivity index (χ2v) is 11.1. The van der Waals surface area contributed by atoms with Crippen LogP contribution in [0.4, 0.5) is 10.6 Å². The summed E-state index contributed by atoms with van der Waals surface area (Å²) < 4.78 is 13.1. The van der Waals surface area contributed by atoms with Gasteiger partial charge in [-0.15, -0.1) is 10.2 Å². The number of fused-ring (bicyclic) bond motifs is 1. The first kappa shape index (κ1) is 25.7. The lowest BCUT2D eigenvalue weighted by Crippen LogP contribution is -2.34. The SMILES string of the molecule is COc1cc(CN(C)C(=O)OC(C)(C)C)c2c(c1)C(=O)N(c1cccc(-c3nncn3[C@@H](C)C3CC3)n1)C2. The van der Waals surface area contributed by atoms with Gasteiger partial charge >= 0.3 is 6.09 Å². The number of benzene rings is 1. The van der Waals surface area contributed by atoms with E-state index in [1.807, 2.05) is 45.0 Å². The molecule has 2 amide bonds. The highest BCUT2D eigenvalue weighted by Gasteiger charge is 2.34. The predicted molar refractivity (Wildman–Crippen MR) is 142 cm³/mol. The van der Waals surface area contributed by atoms with Crippen molar-refractivity contribution in [2.24, 2.45) is 5.92 Å². The topological polar surface area (TPSA) is 103 Å². The second-order valence-electron chi connectivity index (χ2n) is 11.1. The largest absolute Gasteiger partial charge is 0.497 e. The molecule has 10 nitrogen and oxygen atoms in total. The van der Waals surface area contributed by atoms with Crippen LogP contribution in [0.1, 0.15) is 68.1 Å². The van der Waals surface area contributed by atoms with Crippen molar-refractivity contribution >= 4 is 17.8 Å². The molecule has 1 atom stereocenters. The van der Waals surface area contributed by atoms with Crippen LogP contribution in [-0.4, -0.2) is 56.4 Å². The van der Waals surface area contributed by atoms with Gasteiger partial charge in [-0.1, -0.05) is 6.07 Å². The Morgan fingerprint density at radius 3 is 2.68 bits per heavy atom. The summed E-state index contributed by atoms with van der Waals surface area (Å²) in [5.41, 5.74) is 2.25. The molecule has 0 bridgehead atoms. The van der Waals surface area contributed by atoms with Crippen LogP contribution in [0, 0.1) is 5.92 Å². The van der Waals surface area contributed by atoms with Crippen LogP contribution in [0.25, 0.3) is 11.5 Å². The molecule has 0 radical (unpaired) electrons. The normalized spacial score (nSPS) is 15.8. The Hall–Kier alpha value is -3.95. The molecule has 1 fully saturated rings. The summed E-state index contributed by atoms with van der Waals surface area (Å²) in [5, 5.41) is 8.47. The van der Waals surface area contributed by atoms with E-state index in [-0.39, 0.29) is 12.5 Å². The molecule has 1 aliphatic heterocycles. The van der Waals surface area contributed by atoms with Gasteiger partial charge in [0.2, 0.25) is 0 Å². The van der Waals surface area contributed by atoms with Crippen molar-refractivity contribution in [3.8, 4) is 17.3 Å². The molecule has 3 aromatic rings. The van der Waals surface area contributed by atoms with E-state index in [4.69, 9.17) is 14.5 Å². The Morgan fingerprint density at radius 2 is 2.00 bits per heavy atom. The first-order chi connectivity index (χ1) is 18.1. The fourth-order valence-electron chi connectivity index (χ4n) is 4.79. The average molecular weight is 519 g/mol.